The highest BCUT2D eigenvalue weighted by Gasteiger charge is 2.05. The molecule has 0 aliphatic carbocycles. The fourth-order valence-corrected chi connectivity index (χ4v) is 1.07. The van der Waals surface area contributed by atoms with Crippen molar-refractivity contribution in [2.75, 3.05) is 13.2 Å². The lowest BCUT2D eigenvalue weighted by Gasteiger charge is -2.06. The van der Waals surface area contributed by atoms with Crippen molar-refractivity contribution in [3.8, 4) is 0 Å². The molecular formula is C8H17N3O3S2. The molecule has 0 rings (SSSR count). The van der Waals surface area contributed by atoms with Crippen molar-refractivity contribution < 1.29 is 10.0 Å². The van der Waals surface area contributed by atoms with Gasteiger partial charge >= 0.3 is 0 Å². The van der Waals surface area contributed by atoms with Crippen LogP contribution in [0.25, 0.3) is 0 Å². The number of rotatable bonds is 8. The SMILES string of the molecule is N=C(CCCC[C@H](N)CO)C[N+](=O)[O-].S=S. The van der Waals surface area contributed by atoms with Crippen molar-refractivity contribution in [3.05, 3.63) is 10.1 Å². The monoisotopic (exact) mass is 267 g/mol. The van der Waals surface area contributed by atoms with Gasteiger partial charge in [-0.05, 0) is 19.3 Å². The lowest BCUT2D eigenvalue weighted by Crippen LogP contribution is -2.24. The van der Waals surface area contributed by atoms with Crippen LogP contribution >= 0.6 is 0 Å². The van der Waals surface area contributed by atoms with E-state index in [4.69, 9.17) is 16.2 Å². The smallest absolute Gasteiger partial charge is 0.241 e. The van der Waals surface area contributed by atoms with Crippen molar-refractivity contribution >= 4 is 28.1 Å². The molecule has 0 spiro atoms. The second-order valence-electron chi connectivity index (χ2n) is 3.28. The summed E-state index contributed by atoms with van der Waals surface area (Å²) in [5, 5.41) is 25.8. The van der Waals surface area contributed by atoms with Crippen molar-refractivity contribution in [3.63, 3.8) is 0 Å². The van der Waals surface area contributed by atoms with Gasteiger partial charge in [0, 0.05) is 33.3 Å². The molecule has 8 heteroatoms. The van der Waals surface area contributed by atoms with Gasteiger partial charge in [0.25, 0.3) is 0 Å². The summed E-state index contributed by atoms with van der Waals surface area (Å²) in [6, 6.07) is -0.209. The van der Waals surface area contributed by atoms with Crippen LogP contribution in [0.4, 0.5) is 0 Å². The molecule has 0 amide bonds. The van der Waals surface area contributed by atoms with Gasteiger partial charge in [-0.2, -0.15) is 0 Å². The number of hydrogen-bond acceptors (Lipinski definition) is 7. The largest absolute Gasteiger partial charge is 0.395 e. The number of hydrogen-bond donors (Lipinski definition) is 3. The molecule has 0 unspecified atom stereocenters. The molecule has 0 radical (unpaired) electrons. The molecule has 4 N–H and O–H groups in total. The van der Waals surface area contributed by atoms with Crippen LogP contribution in [0.1, 0.15) is 25.7 Å². The number of nitrogens with zero attached hydrogens (tertiary/aromatic N) is 1. The summed E-state index contributed by atoms with van der Waals surface area (Å²) in [6.45, 7) is -0.404. The third kappa shape index (κ3) is 13.4. The summed E-state index contributed by atoms with van der Waals surface area (Å²) in [4.78, 5) is 9.51. The van der Waals surface area contributed by atoms with E-state index in [0.29, 0.717) is 12.8 Å². The highest BCUT2D eigenvalue weighted by Crippen LogP contribution is 2.02. The molecule has 16 heavy (non-hydrogen) atoms. The molecule has 0 heterocycles. The Balaban J connectivity index is 0. The van der Waals surface area contributed by atoms with Crippen molar-refractivity contribution in [1.29, 1.82) is 5.41 Å². The van der Waals surface area contributed by atoms with Gasteiger partial charge in [0.15, 0.2) is 0 Å². The van der Waals surface area contributed by atoms with Gasteiger partial charge in [-0.15, -0.1) is 0 Å². The van der Waals surface area contributed by atoms with Crippen LogP contribution in [-0.2, 0) is 22.4 Å². The Hall–Kier alpha value is -0.570. The predicted molar refractivity (Wildman–Crippen MR) is 67.8 cm³/mol. The van der Waals surface area contributed by atoms with E-state index in [1.807, 2.05) is 0 Å². The Bertz CT molecular complexity index is 217. The first-order valence-corrected chi connectivity index (χ1v) is 6.10. The molecule has 94 valence electrons. The molecule has 0 saturated carbocycles. The molecule has 0 fully saturated rings. The van der Waals surface area contributed by atoms with Gasteiger partial charge in [-0.25, -0.2) is 0 Å². The Morgan fingerprint density at radius 2 is 2.06 bits per heavy atom. The third-order valence-corrected chi connectivity index (χ3v) is 1.86. The normalized spacial score (nSPS) is 11.1. The fraction of sp³-hybridized carbons (Fsp3) is 0.875. The lowest BCUT2D eigenvalue weighted by molar-refractivity contribution is -0.463. The average molecular weight is 267 g/mol. The van der Waals surface area contributed by atoms with Crippen LogP contribution < -0.4 is 5.73 Å². The van der Waals surface area contributed by atoms with E-state index >= 15 is 0 Å². The van der Waals surface area contributed by atoms with Crippen molar-refractivity contribution in [1.82, 2.24) is 0 Å². The lowest BCUT2D eigenvalue weighted by atomic mass is 10.1. The topological polar surface area (TPSA) is 113 Å². The van der Waals surface area contributed by atoms with Crippen LogP contribution in [-0.4, -0.2) is 34.9 Å². The first kappa shape index (κ1) is 17.8. The maximum atomic E-state index is 10.0. The minimum absolute atomic E-state index is 0.0354. The zero-order valence-corrected chi connectivity index (χ0v) is 10.6. The zero-order chi connectivity index (χ0) is 13.0. The number of aliphatic hydroxyl groups excluding tert-OH is 1. The highest BCUT2D eigenvalue weighted by molar-refractivity contribution is 8.07. The summed E-state index contributed by atoms with van der Waals surface area (Å²) in [5.74, 6) is 0. The van der Waals surface area contributed by atoms with Gasteiger partial charge in [0.2, 0.25) is 6.54 Å². The standard InChI is InChI=1S/C8H17N3O3.S2/c9-7(5-11(13)14)3-1-2-4-8(10)6-12;1-2/h8-9,12H,1-6,10H2;/t8-;/m0./s1. The number of nitrogens with one attached hydrogen (secondary N) is 1. The minimum Gasteiger partial charge on any atom is -0.395 e. The summed E-state index contributed by atoms with van der Waals surface area (Å²) < 4.78 is 0. The fourth-order valence-electron chi connectivity index (χ4n) is 1.07. The third-order valence-electron chi connectivity index (χ3n) is 1.86. The molecule has 0 aliphatic heterocycles. The maximum absolute atomic E-state index is 10.0. The first-order valence-electron chi connectivity index (χ1n) is 4.77. The van der Waals surface area contributed by atoms with Crippen LogP contribution in [0.3, 0.4) is 0 Å². The second-order valence-corrected chi connectivity index (χ2v) is 3.28. The Morgan fingerprint density at radius 1 is 1.50 bits per heavy atom. The van der Waals surface area contributed by atoms with Gasteiger partial charge in [0.1, 0.15) is 0 Å². The highest BCUT2D eigenvalue weighted by atomic mass is 32.8. The summed E-state index contributed by atoms with van der Waals surface area (Å²) in [6.07, 6.45) is 2.66. The second kappa shape index (κ2) is 12.5. The van der Waals surface area contributed by atoms with Crippen LogP contribution in [0.2, 0.25) is 0 Å². The Labute approximate surface area is 105 Å². The summed E-state index contributed by atoms with van der Waals surface area (Å²) in [5.41, 5.74) is 5.60. The molecule has 0 saturated heterocycles. The van der Waals surface area contributed by atoms with E-state index < -0.39 is 4.92 Å². The number of unbranched alkanes of at least 4 members (excludes halogenated alkanes) is 1. The number of nitro groups is 1. The number of nitrogens with two attached hydrogens (primary N) is 1. The summed E-state index contributed by atoms with van der Waals surface area (Å²) in [7, 11) is 0. The Morgan fingerprint density at radius 3 is 2.50 bits per heavy atom. The van der Waals surface area contributed by atoms with E-state index in [1.54, 1.807) is 0 Å². The van der Waals surface area contributed by atoms with Crippen molar-refractivity contribution in [2.24, 2.45) is 5.73 Å². The van der Waals surface area contributed by atoms with Gasteiger partial charge in [-0.3, -0.25) is 10.1 Å². The minimum atomic E-state index is -0.498. The van der Waals surface area contributed by atoms with E-state index in [9.17, 15) is 10.1 Å². The maximum Gasteiger partial charge on any atom is 0.241 e. The van der Waals surface area contributed by atoms with E-state index in [1.165, 1.54) is 0 Å². The van der Waals surface area contributed by atoms with Crippen LogP contribution in [0.5, 0.6) is 0 Å². The van der Waals surface area contributed by atoms with E-state index in [-0.39, 0.29) is 24.9 Å². The van der Waals surface area contributed by atoms with Crippen LogP contribution in [0, 0.1) is 15.5 Å². The van der Waals surface area contributed by atoms with Gasteiger partial charge in [0.05, 0.1) is 12.3 Å². The average Bonchev–Trinajstić information content (AvgIpc) is 2.26. The molecule has 0 aromatic rings. The molecular weight excluding hydrogens is 250 g/mol. The van der Waals surface area contributed by atoms with Gasteiger partial charge in [-0.1, -0.05) is 6.42 Å². The quantitative estimate of drug-likeness (QED) is 0.250. The first-order chi connectivity index (χ1) is 7.56. The predicted octanol–water partition coefficient (Wildman–Crippen LogP) is 0.158. The van der Waals surface area contributed by atoms with E-state index in [2.05, 4.69) is 22.4 Å². The van der Waals surface area contributed by atoms with E-state index in [0.717, 1.165) is 12.8 Å². The number of aliphatic hydroxyl groups is 1. The summed E-state index contributed by atoms with van der Waals surface area (Å²) >= 11 is 7.33. The molecule has 1 atom stereocenters. The molecule has 0 aromatic carbocycles. The molecule has 0 bridgehead atoms. The van der Waals surface area contributed by atoms with Gasteiger partial charge < -0.3 is 16.2 Å². The molecule has 0 aliphatic rings. The molecule has 6 nitrogen and oxygen atoms in total. The molecule has 0 aromatic heterocycles. The Kier molecular flexibility index (Phi) is 13.9. The van der Waals surface area contributed by atoms with Crippen LogP contribution in [0.15, 0.2) is 0 Å². The zero-order valence-electron chi connectivity index (χ0n) is 8.92. The van der Waals surface area contributed by atoms with Crippen molar-refractivity contribution in [2.45, 2.75) is 31.7 Å².